The number of hydrogen-bond donors (Lipinski definition) is 1. The van der Waals surface area contributed by atoms with E-state index in [0.29, 0.717) is 25.5 Å². The molecule has 1 aromatic heterocycles. The number of nitrogens with zero attached hydrogens (tertiary/aromatic N) is 1. The van der Waals surface area contributed by atoms with Gasteiger partial charge in [-0.05, 0) is 37.1 Å². The van der Waals surface area contributed by atoms with E-state index in [1.54, 1.807) is 35.4 Å². The van der Waals surface area contributed by atoms with E-state index in [9.17, 15) is 9.18 Å². The van der Waals surface area contributed by atoms with Gasteiger partial charge in [-0.2, -0.15) is 0 Å². The number of anilines is 1. The molecule has 2 aromatic rings. The van der Waals surface area contributed by atoms with E-state index in [0.717, 1.165) is 12.8 Å². The van der Waals surface area contributed by atoms with Gasteiger partial charge in [-0.15, -0.1) is 0 Å². The number of carbonyl (C=O) groups excluding carboxylic acids is 1. The molecule has 0 spiro atoms. The van der Waals surface area contributed by atoms with Crippen LogP contribution >= 0.6 is 0 Å². The molecule has 1 unspecified atom stereocenters. The maximum atomic E-state index is 13.7. The van der Waals surface area contributed by atoms with Crippen molar-refractivity contribution in [2.24, 2.45) is 0 Å². The summed E-state index contributed by atoms with van der Waals surface area (Å²) in [6.07, 6.45) is 3.49. The summed E-state index contributed by atoms with van der Waals surface area (Å²) in [6, 6.07) is 9.31. The molecule has 1 aliphatic rings. The van der Waals surface area contributed by atoms with Crippen molar-refractivity contribution in [3.8, 4) is 0 Å². The Hall–Kier alpha value is -2.34. The van der Waals surface area contributed by atoms with Crippen LogP contribution in [0, 0.1) is 5.82 Å². The molecule has 6 heteroatoms. The van der Waals surface area contributed by atoms with Gasteiger partial charge in [0.25, 0.3) is 0 Å². The number of benzene rings is 1. The van der Waals surface area contributed by atoms with Crippen molar-refractivity contribution in [2.45, 2.75) is 25.5 Å². The van der Waals surface area contributed by atoms with Gasteiger partial charge in [0.1, 0.15) is 11.6 Å². The molecule has 0 bridgehead atoms. The maximum Gasteiger partial charge on any atom is 0.322 e. The van der Waals surface area contributed by atoms with Gasteiger partial charge < -0.3 is 19.4 Å². The van der Waals surface area contributed by atoms with Crippen LogP contribution in [0.2, 0.25) is 0 Å². The predicted octanol–water partition coefficient (Wildman–Crippen LogP) is 3.63. The lowest BCUT2D eigenvalue weighted by molar-refractivity contribution is 0.0803. The van der Waals surface area contributed by atoms with E-state index in [1.165, 1.54) is 12.1 Å². The number of ether oxygens (including phenoxy) is 1. The highest BCUT2D eigenvalue weighted by molar-refractivity contribution is 5.89. The molecule has 0 radical (unpaired) electrons. The number of carbonyl (C=O) groups is 1. The zero-order valence-corrected chi connectivity index (χ0v) is 12.7. The summed E-state index contributed by atoms with van der Waals surface area (Å²) >= 11 is 0. The normalized spacial score (nSPS) is 17.2. The van der Waals surface area contributed by atoms with Crippen LogP contribution in [0.5, 0.6) is 0 Å². The Kier molecular flexibility index (Phi) is 4.92. The third kappa shape index (κ3) is 4.10. The van der Waals surface area contributed by atoms with Crippen LogP contribution in [0.15, 0.2) is 47.1 Å². The van der Waals surface area contributed by atoms with Crippen molar-refractivity contribution in [1.29, 1.82) is 0 Å². The van der Waals surface area contributed by atoms with Crippen LogP contribution in [0.4, 0.5) is 14.9 Å². The zero-order valence-electron chi connectivity index (χ0n) is 12.7. The van der Waals surface area contributed by atoms with E-state index in [2.05, 4.69) is 5.32 Å². The number of nitrogens with one attached hydrogen (secondary N) is 1. The average molecular weight is 318 g/mol. The number of furan rings is 1. The molecule has 1 aromatic carbocycles. The van der Waals surface area contributed by atoms with Crippen molar-refractivity contribution < 1.29 is 18.3 Å². The van der Waals surface area contributed by atoms with Gasteiger partial charge in [0, 0.05) is 13.2 Å². The van der Waals surface area contributed by atoms with E-state index in [-0.39, 0.29) is 17.8 Å². The van der Waals surface area contributed by atoms with Crippen LogP contribution < -0.4 is 5.32 Å². The second-order valence-electron chi connectivity index (χ2n) is 5.50. The summed E-state index contributed by atoms with van der Waals surface area (Å²) in [7, 11) is 0. The Labute approximate surface area is 134 Å². The summed E-state index contributed by atoms with van der Waals surface area (Å²) in [5.41, 5.74) is 0.161. The smallest absolute Gasteiger partial charge is 0.322 e. The topological polar surface area (TPSA) is 54.7 Å². The standard InChI is InChI=1S/C17H19FN2O3/c18-15-7-1-2-8-16(15)19-17(21)20(11-13-5-3-9-22-13)12-14-6-4-10-23-14/h1-3,5,7-9,14H,4,6,10-12H2,(H,19,21). The summed E-state index contributed by atoms with van der Waals surface area (Å²) in [5.74, 6) is 0.211. The van der Waals surface area contributed by atoms with Crippen molar-refractivity contribution >= 4 is 11.7 Å². The Balaban J connectivity index is 1.70. The Bertz CT molecular complexity index is 639. The fourth-order valence-electron chi connectivity index (χ4n) is 2.60. The molecule has 2 heterocycles. The van der Waals surface area contributed by atoms with Gasteiger partial charge in [0.2, 0.25) is 0 Å². The van der Waals surface area contributed by atoms with Crippen molar-refractivity contribution in [1.82, 2.24) is 4.90 Å². The van der Waals surface area contributed by atoms with Crippen molar-refractivity contribution in [3.05, 3.63) is 54.2 Å². The third-order valence-electron chi connectivity index (χ3n) is 3.78. The number of urea groups is 1. The molecule has 1 N–H and O–H groups in total. The van der Waals surface area contributed by atoms with Gasteiger partial charge in [-0.25, -0.2) is 9.18 Å². The Morgan fingerprint density at radius 3 is 2.87 bits per heavy atom. The molecule has 1 fully saturated rings. The van der Waals surface area contributed by atoms with Gasteiger partial charge >= 0.3 is 6.03 Å². The first-order valence-electron chi connectivity index (χ1n) is 7.67. The number of hydrogen-bond acceptors (Lipinski definition) is 3. The zero-order chi connectivity index (χ0) is 16.1. The second-order valence-corrected chi connectivity index (χ2v) is 5.50. The summed E-state index contributed by atoms with van der Waals surface area (Å²) in [5, 5.41) is 2.61. The average Bonchev–Trinajstić information content (AvgIpc) is 3.22. The first-order chi connectivity index (χ1) is 11.2. The number of rotatable bonds is 5. The van der Waals surface area contributed by atoms with E-state index in [4.69, 9.17) is 9.15 Å². The third-order valence-corrected chi connectivity index (χ3v) is 3.78. The molecule has 1 atom stereocenters. The molecule has 23 heavy (non-hydrogen) atoms. The molecule has 0 saturated carbocycles. The van der Waals surface area contributed by atoms with Crippen LogP contribution in [-0.4, -0.2) is 30.2 Å². The van der Waals surface area contributed by atoms with Gasteiger partial charge in [-0.1, -0.05) is 12.1 Å². The predicted molar refractivity (Wildman–Crippen MR) is 83.5 cm³/mol. The molecule has 1 saturated heterocycles. The summed E-state index contributed by atoms with van der Waals surface area (Å²) < 4.78 is 24.6. The van der Waals surface area contributed by atoms with Gasteiger partial charge in [0.15, 0.2) is 0 Å². The minimum absolute atomic E-state index is 0.0105. The second kappa shape index (κ2) is 7.28. The number of para-hydroxylation sites is 1. The number of amides is 2. The first-order valence-corrected chi connectivity index (χ1v) is 7.67. The highest BCUT2D eigenvalue weighted by Gasteiger charge is 2.24. The van der Waals surface area contributed by atoms with Crippen molar-refractivity contribution in [2.75, 3.05) is 18.5 Å². The van der Waals surface area contributed by atoms with E-state index >= 15 is 0 Å². The Morgan fingerprint density at radius 2 is 2.17 bits per heavy atom. The molecule has 3 rings (SSSR count). The SMILES string of the molecule is O=C(Nc1ccccc1F)N(Cc1ccco1)CC1CCCO1. The van der Waals surface area contributed by atoms with Crippen LogP contribution in [0.1, 0.15) is 18.6 Å². The Morgan fingerprint density at radius 1 is 1.30 bits per heavy atom. The fraction of sp³-hybridized carbons (Fsp3) is 0.353. The van der Waals surface area contributed by atoms with Crippen LogP contribution in [0.3, 0.4) is 0 Å². The highest BCUT2D eigenvalue weighted by Crippen LogP contribution is 2.18. The fourth-order valence-corrected chi connectivity index (χ4v) is 2.60. The van der Waals surface area contributed by atoms with Crippen molar-refractivity contribution in [3.63, 3.8) is 0 Å². The lowest BCUT2D eigenvalue weighted by Crippen LogP contribution is -2.39. The lowest BCUT2D eigenvalue weighted by Gasteiger charge is -2.25. The molecule has 0 aliphatic carbocycles. The van der Waals surface area contributed by atoms with E-state index < -0.39 is 5.82 Å². The largest absolute Gasteiger partial charge is 0.467 e. The molecule has 2 amide bonds. The first kappa shape index (κ1) is 15.6. The van der Waals surface area contributed by atoms with Crippen LogP contribution in [0.25, 0.3) is 0 Å². The maximum absolute atomic E-state index is 13.7. The quantitative estimate of drug-likeness (QED) is 0.916. The molecule has 1 aliphatic heterocycles. The highest BCUT2D eigenvalue weighted by atomic mass is 19.1. The van der Waals surface area contributed by atoms with Gasteiger partial charge in [0.05, 0.1) is 24.6 Å². The summed E-state index contributed by atoms with van der Waals surface area (Å²) in [4.78, 5) is 14.1. The molecule has 5 nitrogen and oxygen atoms in total. The minimum atomic E-state index is -0.462. The molecule has 122 valence electrons. The minimum Gasteiger partial charge on any atom is -0.467 e. The molecular formula is C17H19FN2O3. The summed E-state index contributed by atoms with van der Waals surface area (Å²) in [6.45, 7) is 1.47. The number of halogens is 1. The monoisotopic (exact) mass is 318 g/mol. The van der Waals surface area contributed by atoms with E-state index in [1.807, 2.05) is 0 Å². The van der Waals surface area contributed by atoms with Gasteiger partial charge in [-0.3, -0.25) is 0 Å². The molecular weight excluding hydrogens is 299 g/mol. The lowest BCUT2D eigenvalue weighted by atomic mass is 10.2. The van der Waals surface area contributed by atoms with Crippen LogP contribution in [-0.2, 0) is 11.3 Å².